The third-order valence-electron chi connectivity index (χ3n) is 1.75. The van der Waals surface area contributed by atoms with E-state index in [1.54, 1.807) is 19.4 Å². The number of hydrogen-bond acceptors (Lipinski definition) is 5. The molecule has 5 heteroatoms. The average Bonchev–Trinajstić information content (AvgIpc) is 2.65. The van der Waals surface area contributed by atoms with Crippen molar-refractivity contribution >= 4 is 6.01 Å². The highest BCUT2D eigenvalue weighted by molar-refractivity contribution is 5.62. The Morgan fingerprint density at radius 3 is 2.93 bits per heavy atom. The summed E-state index contributed by atoms with van der Waals surface area (Å²) in [6, 6.07) is 3.74. The smallest absolute Gasteiger partial charge is 0.292 e. The number of anilines is 1. The highest BCUT2D eigenvalue weighted by Crippen LogP contribution is 2.28. The van der Waals surface area contributed by atoms with Gasteiger partial charge in [0.15, 0.2) is 5.76 Å². The lowest BCUT2D eigenvalue weighted by Crippen LogP contribution is -1.89. The molecule has 0 aromatic carbocycles. The maximum Gasteiger partial charge on any atom is 0.292 e. The number of oxazole rings is 1. The molecule has 0 amide bonds. The van der Waals surface area contributed by atoms with E-state index in [-0.39, 0.29) is 6.01 Å². The maximum absolute atomic E-state index is 5.37. The van der Waals surface area contributed by atoms with Gasteiger partial charge in [0.25, 0.3) is 6.01 Å². The number of nitrogens with two attached hydrogens (primary N) is 1. The molecule has 2 heterocycles. The number of nitrogen functional groups attached to an aromatic ring is 1. The molecule has 0 aliphatic heterocycles. The molecule has 72 valence electrons. The predicted molar refractivity (Wildman–Crippen MR) is 50.7 cm³/mol. The van der Waals surface area contributed by atoms with Crippen LogP contribution < -0.4 is 10.5 Å². The Morgan fingerprint density at radius 1 is 1.43 bits per heavy atom. The molecule has 14 heavy (non-hydrogen) atoms. The van der Waals surface area contributed by atoms with Gasteiger partial charge >= 0.3 is 0 Å². The van der Waals surface area contributed by atoms with Crippen molar-refractivity contribution in [2.24, 2.45) is 0 Å². The quantitative estimate of drug-likeness (QED) is 0.775. The second-order valence-electron chi connectivity index (χ2n) is 2.62. The van der Waals surface area contributed by atoms with Crippen LogP contribution in [0.4, 0.5) is 6.01 Å². The highest BCUT2D eigenvalue weighted by atomic mass is 16.5. The van der Waals surface area contributed by atoms with Crippen molar-refractivity contribution in [1.29, 1.82) is 0 Å². The predicted octanol–water partition coefficient (Wildman–Crippen LogP) is 1.33. The minimum Gasteiger partial charge on any atom is -0.480 e. The van der Waals surface area contributed by atoms with Crippen molar-refractivity contribution in [1.82, 2.24) is 9.97 Å². The van der Waals surface area contributed by atoms with Gasteiger partial charge in [-0.25, -0.2) is 9.97 Å². The van der Waals surface area contributed by atoms with Crippen molar-refractivity contribution in [3.63, 3.8) is 0 Å². The summed E-state index contributed by atoms with van der Waals surface area (Å²) in [7, 11) is 1.55. The average molecular weight is 191 g/mol. The molecule has 2 aromatic rings. The first-order valence-electron chi connectivity index (χ1n) is 4.02. The first-order chi connectivity index (χ1) is 6.81. The van der Waals surface area contributed by atoms with E-state index in [0.717, 1.165) is 5.56 Å². The van der Waals surface area contributed by atoms with Gasteiger partial charge in [0.05, 0.1) is 18.9 Å². The van der Waals surface area contributed by atoms with E-state index in [1.165, 1.54) is 6.20 Å². The Bertz CT molecular complexity index is 439. The van der Waals surface area contributed by atoms with Crippen LogP contribution in [0.25, 0.3) is 11.3 Å². The fourth-order valence-corrected chi connectivity index (χ4v) is 1.15. The molecule has 0 aliphatic carbocycles. The lowest BCUT2D eigenvalue weighted by molar-refractivity contribution is 0.398. The lowest BCUT2D eigenvalue weighted by Gasteiger charge is -2.02. The van der Waals surface area contributed by atoms with E-state index in [9.17, 15) is 0 Å². The Hall–Kier alpha value is -2.04. The van der Waals surface area contributed by atoms with Crippen LogP contribution in [0.3, 0.4) is 0 Å². The first-order valence-corrected chi connectivity index (χ1v) is 4.02. The molecular formula is C9H9N3O2. The van der Waals surface area contributed by atoms with Gasteiger partial charge < -0.3 is 14.9 Å². The molecule has 0 fully saturated rings. The molecule has 2 rings (SSSR count). The number of hydrogen-bond donors (Lipinski definition) is 1. The van der Waals surface area contributed by atoms with Crippen molar-refractivity contribution in [2.75, 3.05) is 12.8 Å². The Morgan fingerprint density at radius 2 is 2.29 bits per heavy atom. The molecule has 2 N–H and O–H groups in total. The highest BCUT2D eigenvalue weighted by Gasteiger charge is 2.10. The standard InChI is InChI=1S/C9H9N3O2/c1-13-8-6(3-2-4-11-8)7-5-12-9(10)14-7/h2-5H,1H3,(H2,10,12). The minimum absolute atomic E-state index is 0.130. The number of ether oxygens (including phenoxy) is 1. The Balaban J connectivity index is 2.50. The molecule has 0 unspecified atom stereocenters. The van der Waals surface area contributed by atoms with E-state index in [0.29, 0.717) is 11.6 Å². The summed E-state index contributed by atoms with van der Waals surface area (Å²) in [5.74, 6) is 1.04. The van der Waals surface area contributed by atoms with E-state index in [1.807, 2.05) is 6.07 Å². The van der Waals surface area contributed by atoms with Crippen molar-refractivity contribution in [3.8, 4) is 17.2 Å². The van der Waals surface area contributed by atoms with Crippen LogP contribution in [0.1, 0.15) is 0 Å². The van der Waals surface area contributed by atoms with Gasteiger partial charge in [-0.2, -0.15) is 0 Å². The monoisotopic (exact) mass is 191 g/mol. The topological polar surface area (TPSA) is 74.2 Å². The van der Waals surface area contributed by atoms with E-state index in [4.69, 9.17) is 14.9 Å². The van der Waals surface area contributed by atoms with Gasteiger partial charge in [0.1, 0.15) is 0 Å². The molecule has 5 nitrogen and oxygen atoms in total. The van der Waals surface area contributed by atoms with Gasteiger partial charge in [0.2, 0.25) is 5.88 Å². The van der Waals surface area contributed by atoms with Crippen LogP contribution in [0, 0.1) is 0 Å². The zero-order valence-corrected chi connectivity index (χ0v) is 7.60. The van der Waals surface area contributed by atoms with Gasteiger partial charge in [0, 0.05) is 6.20 Å². The van der Waals surface area contributed by atoms with Crippen molar-refractivity contribution in [3.05, 3.63) is 24.5 Å². The SMILES string of the molecule is COc1ncccc1-c1cnc(N)o1. The van der Waals surface area contributed by atoms with E-state index < -0.39 is 0 Å². The minimum atomic E-state index is 0.130. The first kappa shape index (κ1) is 8.55. The molecule has 2 aromatic heterocycles. The lowest BCUT2D eigenvalue weighted by atomic mass is 10.2. The summed E-state index contributed by atoms with van der Waals surface area (Å²) in [5, 5.41) is 0. The van der Waals surface area contributed by atoms with Crippen LogP contribution in [-0.2, 0) is 0 Å². The number of aromatic nitrogens is 2. The van der Waals surface area contributed by atoms with Crippen LogP contribution in [0.5, 0.6) is 5.88 Å². The molecule has 0 aliphatic rings. The summed E-state index contributed by atoms with van der Waals surface area (Å²) in [6.07, 6.45) is 3.18. The number of rotatable bonds is 2. The molecule has 0 radical (unpaired) electrons. The summed E-state index contributed by atoms with van der Waals surface area (Å²) in [5.41, 5.74) is 6.10. The third kappa shape index (κ3) is 1.39. The second kappa shape index (κ2) is 3.37. The number of methoxy groups -OCH3 is 1. The zero-order chi connectivity index (χ0) is 9.97. The van der Waals surface area contributed by atoms with Gasteiger partial charge in [-0.15, -0.1) is 0 Å². The number of nitrogens with zero attached hydrogens (tertiary/aromatic N) is 2. The van der Waals surface area contributed by atoms with E-state index in [2.05, 4.69) is 9.97 Å². The van der Waals surface area contributed by atoms with Gasteiger partial charge in [-0.3, -0.25) is 0 Å². The molecule has 0 spiro atoms. The van der Waals surface area contributed by atoms with Crippen LogP contribution in [0.2, 0.25) is 0 Å². The summed E-state index contributed by atoms with van der Waals surface area (Å²) >= 11 is 0. The van der Waals surface area contributed by atoms with Gasteiger partial charge in [-0.05, 0) is 12.1 Å². The molecule has 0 saturated heterocycles. The Kier molecular flexibility index (Phi) is 2.06. The number of pyridine rings is 1. The van der Waals surface area contributed by atoms with E-state index >= 15 is 0 Å². The molecule has 0 atom stereocenters. The largest absolute Gasteiger partial charge is 0.480 e. The fourth-order valence-electron chi connectivity index (χ4n) is 1.15. The second-order valence-corrected chi connectivity index (χ2v) is 2.62. The molecule has 0 bridgehead atoms. The third-order valence-corrected chi connectivity index (χ3v) is 1.75. The normalized spacial score (nSPS) is 10.1. The van der Waals surface area contributed by atoms with Crippen molar-refractivity contribution < 1.29 is 9.15 Å². The van der Waals surface area contributed by atoms with Crippen LogP contribution in [0.15, 0.2) is 28.9 Å². The summed E-state index contributed by atoms with van der Waals surface area (Å²) in [6.45, 7) is 0. The van der Waals surface area contributed by atoms with Gasteiger partial charge in [-0.1, -0.05) is 0 Å². The van der Waals surface area contributed by atoms with Crippen LogP contribution in [-0.4, -0.2) is 17.1 Å². The van der Waals surface area contributed by atoms with Crippen molar-refractivity contribution in [2.45, 2.75) is 0 Å². The molecule has 0 saturated carbocycles. The zero-order valence-electron chi connectivity index (χ0n) is 7.60. The molecular weight excluding hydrogens is 182 g/mol. The van der Waals surface area contributed by atoms with Crippen LogP contribution >= 0.6 is 0 Å². The Labute approximate surface area is 80.5 Å². The summed E-state index contributed by atoms with van der Waals surface area (Å²) in [4.78, 5) is 7.83. The maximum atomic E-state index is 5.37. The summed E-state index contributed by atoms with van der Waals surface area (Å²) < 4.78 is 10.2. The fraction of sp³-hybridized carbons (Fsp3) is 0.111.